The summed E-state index contributed by atoms with van der Waals surface area (Å²) in [6.07, 6.45) is 3.14. The molecule has 0 spiro atoms. The molecular weight excluding hydrogens is 360 g/mol. The fraction of sp³-hybridized carbons (Fsp3) is 0.400. The first-order valence-electron chi connectivity index (χ1n) is 9.07. The van der Waals surface area contributed by atoms with Gasteiger partial charge in [-0.25, -0.2) is 18.4 Å². The number of fused-ring (bicyclic) bond motifs is 1. The summed E-state index contributed by atoms with van der Waals surface area (Å²) in [4.78, 5) is 9.05. The monoisotopic (exact) mass is 386 g/mol. The molecule has 7 heteroatoms. The van der Waals surface area contributed by atoms with Crippen LogP contribution in [-0.4, -0.2) is 39.3 Å². The second-order valence-electron chi connectivity index (χ2n) is 7.41. The van der Waals surface area contributed by atoms with Crippen LogP contribution in [0.1, 0.15) is 38.8 Å². The zero-order valence-electron chi connectivity index (χ0n) is 16.6. The van der Waals surface area contributed by atoms with E-state index in [0.29, 0.717) is 5.82 Å². The third-order valence-electron chi connectivity index (χ3n) is 4.72. The number of imidazole rings is 1. The molecule has 0 aliphatic heterocycles. The van der Waals surface area contributed by atoms with Crippen molar-refractivity contribution in [1.29, 1.82) is 0 Å². The number of aryl methyl sites for hydroxylation is 2. The highest BCUT2D eigenvalue weighted by Gasteiger charge is 2.29. The number of sulfonamides is 1. The van der Waals surface area contributed by atoms with Crippen LogP contribution >= 0.6 is 0 Å². The van der Waals surface area contributed by atoms with Crippen molar-refractivity contribution in [3.05, 3.63) is 47.9 Å². The molecule has 3 rings (SSSR count). The summed E-state index contributed by atoms with van der Waals surface area (Å²) in [5.74, 6) is 0.639. The van der Waals surface area contributed by atoms with Crippen LogP contribution in [0.3, 0.4) is 0 Å². The molecule has 6 nitrogen and oxygen atoms in total. The predicted octanol–water partition coefficient (Wildman–Crippen LogP) is 3.84. The highest BCUT2D eigenvalue weighted by molar-refractivity contribution is 7.89. The average molecular weight is 387 g/mol. The molecule has 0 aliphatic rings. The van der Waals surface area contributed by atoms with Gasteiger partial charge in [0.05, 0.1) is 11.0 Å². The van der Waals surface area contributed by atoms with Crippen LogP contribution in [0.2, 0.25) is 0 Å². The lowest BCUT2D eigenvalue weighted by atomic mass is 10.1. The van der Waals surface area contributed by atoms with Crippen LogP contribution in [0.5, 0.6) is 0 Å². The van der Waals surface area contributed by atoms with E-state index in [1.807, 2.05) is 38.3 Å². The summed E-state index contributed by atoms with van der Waals surface area (Å²) in [7, 11) is -3.59. The van der Waals surface area contributed by atoms with Gasteiger partial charge in [-0.1, -0.05) is 0 Å². The molecule has 1 aromatic carbocycles. The first-order chi connectivity index (χ1) is 12.6. The lowest BCUT2D eigenvalue weighted by Gasteiger charge is -2.29. The van der Waals surface area contributed by atoms with Crippen LogP contribution in [0, 0.1) is 13.8 Å². The molecule has 0 radical (unpaired) electrons. The van der Waals surface area contributed by atoms with Gasteiger partial charge >= 0.3 is 0 Å². The number of rotatable bonds is 5. The minimum Gasteiger partial charge on any atom is -0.283 e. The lowest BCUT2D eigenvalue weighted by molar-refractivity contribution is 0.302. The van der Waals surface area contributed by atoms with Gasteiger partial charge < -0.3 is 0 Å². The van der Waals surface area contributed by atoms with Crippen molar-refractivity contribution in [1.82, 2.24) is 18.8 Å². The van der Waals surface area contributed by atoms with E-state index < -0.39 is 10.0 Å². The van der Waals surface area contributed by atoms with Gasteiger partial charge in [0.1, 0.15) is 17.0 Å². The zero-order chi connectivity index (χ0) is 19.9. The summed E-state index contributed by atoms with van der Waals surface area (Å²) in [6, 6.07) is 7.20. The Labute approximate surface area is 160 Å². The predicted molar refractivity (Wildman–Crippen MR) is 108 cm³/mol. The standard InChI is InChI=1S/C20H26N4O2S/c1-13(2)24(14(3)4)27(25,26)17-7-8-20(21-11-17)23-12-22-18-9-15(5)16(6)10-19(18)23/h7-14H,1-6H3. The van der Waals surface area contributed by atoms with Gasteiger partial charge in [-0.15, -0.1) is 0 Å². The fourth-order valence-corrected chi connectivity index (χ4v) is 5.17. The van der Waals surface area contributed by atoms with E-state index in [0.717, 1.165) is 11.0 Å². The van der Waals surface area contributed by atoms with Gasteiger partial charge in [-0.2, -0.15) is 4.31 Å². The molecule has 0 aliphatic carbocycles. The van der Waals surface area contributed by atoms with Gasteiger partial charge in [0.2, 0.25) is 10.0 Å². The van der Waals surface area contributed by atoms with Crippen molar-refractivity contribution in [2.75, 3.05) is 0 Å². The smallest absolute Gasteiger partial charge is 0.245 e. The van der Waals surface area contributed by atoms with Crippen molar-refractivity contribution >= 4 is 21.1 Å². The first kappa shape index (κ1) is 19.5. The van der Waals surface area contributed by atoms with E-state index in [9.17, 15) is 8.42 Å². The molecule has 27 heavy (non-hydrogen) atoms. The van der Waals surface area contributed by atoms with Crippen molar-refractivity contribution in [2.24, 2.45) is 0 Å². The molecule has 3 aromatic rings. The molecule has 144 valence electrons. The van der Waals surface area contributed by atoms with Crippen LogP contribution in [0.4, 0.5) is 0 Å². The van der Waals surface area contributed by atoms with Gasteiger partial charge in [-0.3, -0.25) is 4.57 Å². The van der Waals surface area contributed by atoms with E-state index in [1.54, 1.807) is 18.5 Å². The molecule has 0 N–H and O–H groups in total. The van der Waals surface area contributed by atoms with E-state index in [1.165, 1.54) is 21.6 Å². The van der Waals surface area contributed by atoms with Crippen LogP contribution in [0.15, 0.2) is 41.7 Å². The van der Waals surface area contributed by atoms with Crippen LogP contribution < -0.4 is 0 Å². The SMILES string of the molecule is Cc1cc2ncn(-c3ccc(S(=O)(=O)N(C(C)C)C(C)C)cn3)c2cc1C. The number of hydrogen-bond donors (Lipinski definition) is 0. The largest absolute Gasteiger partial charge is 0.283 e. The summed E-state index contributed by atoms with van der Waals surface area (Å²) in [5.41, 5.74) is 4.20. The van der Waals surface area contributed by atoms with E-state index >= 15 is 0 Å². The summed E-state index contributed by atoms with van der Waals surface area (Å²) >= 11 is 0. The number of benzene rings is 1. The Balaban J connectivity index is 2.02. The van der Waals surface area contributed by atoms with Gasteiger partial charge in [0.25, 0.3) is 0 Å². The van der Waals surface area contributed by atoms with Crippen LogP contribution in [-0.2, 0) is 10.0 Å². The molecule has 0 unspecified atom stereocenters. The third-order valence-corrected chi connectivity index (χ3v) is 6.96. The lowest BCUT2D eigenvalue weighted by Crippen LogP contribution is -2.41. The molecule has 2 heterocycles. The second kappa shape index (κ2) is 7.05. The maximum atomic E-state index is 13.0. The number of aromatic nitrogens is 3. The molecule has 2 aromatic heterocycles. The molecule has 0 amide bonds. The van der Waals surface area contributed by atoms with Crippen molar-refractivity contribution in [3.8, 4) is 5.82 Å². The topological polar surface area (TPSA) is 68.1 Å². The quantitative estimate of drug-likeness (QED) is 0.668. The summed E-state index contributed by atoms with van der Waals surface area (Å²) in [5, 5.41) is 0. The molecular formula is C20H26N4O2S. The Morgan fingerprint density at radius 2 is 1.59 bits per heavy atom. The fourth-order valence-electron chi connectivity index (χ4n) is 3.39. The highest BCUT2D eigenvalue weighted by Crippen LogP contribution is 2.24. The highest BCUT2D eigenvalue weighted by atomic mass is 32.2. The molecule has 0 saturated heterocycles. The molecule has 0 fully saturated rings. The Hall–Kier alpha value is -2.25. The summed E-state index contributed by atoms with van der Waals surface area (Å²) < 4.78 is 29.3. The average Bonchev–Trinajstić information content (AvgIpc) is 2.97. The van der Waals surface area contributed by atoms with Crippen molar-refractivity contribution in [2.45, 2.75) is 58.5 Å². The maximum absolute atomic E-state index is 13.0. The number of hydrogen-bond acceptors (Lipinski definition) is 4. The van der Waals surface area contributed by atoms with Crippen molar-refractivity contribution < 1.29 is 8.42 Å². The first-order valence-corrected chi connectivity index (χ1v) is 10.5. The normalized spacial score (nSPS) is 12.6. The minimum absolute atomic E-state index is 0.126. The Morgan fingerprint density at radius 3 is 2.15 bits per heavy atom. The Bertz CT molecular complexity index is 1060. The van der Waals surface area contributed by atoms with Crippen molar-refractivity contribution in [3.63, 3.8) is 0 Å². The number of pyridine rings is 1. The van der Waals surface area contributed by atoms with E-state index in [4.69, 9.17) is 0 Å². The molecule has 0 saturated carbocycles. The maximum Gasteiger partial charge on any atom is 0.245 e. The number of nitrogens with zero attached hydrogens (tertiary/aromatic N) is 4. The van der Waals surface area contributed by atoms with E-state index in [-0.39, 0.29) is 17.0 Å². The third kappa shape index (κ3) is 3.49. The van der Waals surface area contributed by atoms with E-state index in [2.05, 4.69) is 29.9 Å². The Morgan fingerprint density at radius 1 is 0.963 bits per heavy atom. The minimum atomic E-state index is -3.59. The molecule has 0 bridgehead atoms. The van der Waals surface area contributed by atoms with Gasteiger partial charge in [0.15, 0.2) is 0 Å². The zero-order valence-corrected chi connectivity index (χ0v) is 17.4. The van der Waals surface area contributed by atoms with Gasteiger partial charge in [-0.05, 0) is 76.9 Å². The summed E-state index contributed by atoms with van der Waals surface area (Å²) in [6.45, 7) is 11.6. The second-order valence-corrected chi connectivity index (χ2v) is 9.26. The Kier molecular flexibility index (Phi) is 5.10. The van der Waals surface area contributed by atoms with Gasteiger partial charge in [0, 0.05) is 18.3 Å². The molecule has 0 atom stereocenters. The van der Waals surface area contributed by atoms with Crippen LogP contribution in [0.25, 0.3) is 16.9 Å².